The van der Waals surface area contributed by atoms with Crippen molar-refractivity contribution in [1.82, 2.24) is 14.9 Å². The van der Waals surface area contributed by atoms with Crippen molar-refractivity contribution in [1.29, 1.82) is 0 Å². The van der Waals surface area contributed by atoms with Gasteiger partial charge in [0.1, 0.15) is 0 Å². The van der Waals surface area contributed by atoms with Crippen LogP contribution in [0.25, 0.3) is 0 Å². The molecule has 2 heterocycles. The van der Waals surface area contributed by atoms with E-state index in [1.54, 1.807) is 18.5 Å². The molecular weight excluding hydrogens is 245 g/mol. The Morgan fingerprint density at radius 3 is 2.44 bits per heavy atom. The Hall–Kier alpha value is -1.37. The summed E-state index contributed by atoms with van der Waals surface area (Å²) in [7, 11) is 0. The summed E-state index contributed by atoms with van der Waals surface area (Å²) in [6.07, 6.45) is -0.159. The predicted molar refractivity (Wildman–Crippen MR) is 61.4 cm³/mol. The van der Waals surface area contributed by atoms with Gasteiger partial charge < -0.3 is 4.90 Å². The summed E-state index contributed by atoms with van der Waals surface area (Å²) in [4.78, 5) is 11.6. The maximum absolute atomic E-state index is 12.3. The van der Waals surface area contributed by atoms with Crippen molar-refractivity contribution in [3.63, 3.8) is 0 Å². The van der Waals surface area contributed by atoms with E-state index < -0.39 is 12.7 Å². The minimum absolute atomic E-state index is 0.387. The van der Waals surface area contributed by atoms with Gasteiger partial charge in [-0.2, -0.15) is 13.2 Å². The summed E-state index contributed by atoms with van der Waals surface area (Å²) in [6.45, 7) is 1.23. The molecule has 0 aliphatic carbocycles. The first kappa shape index (κ1) is 13.1. The van der Waals surface area contributed by atoms with E-state index in [-0.39, 0.29) is 0 Å². The maximum Gasteiger partial charge on any atom is 0.401 e. The lowest BCUT2D eigenvalue weighted by molar-refractivity contribution is -0.145. The van der Waals surface area contributed by atoms with Crippen molar-refractivity contribution in [3.8, 4) is 0 Å². The van der Waals surface area contributed by atoms with E-state index in [0.29, 0.717) is 38.5 Å². The van der Waals surface area contributed by atoms with Gasteiger partial charge in [-0.05, 0) is 12.5 Å². The molecule has 0 saturated carbocycles. The normalized spacial score (nSPS) is 18.7. The molecule has 7 heteroatoms. The molecule has 0 N–H and O–H groups in total. The van der Waals surface area contributed by atoms with Gasteiger partial charge in [0.25, 0.3) is 0 Å². The summed E-state index contributed by atoms with van der Waals surface area (Å²) in [6, 6.07) is 1.72. The quantitative estimate of drug-likeness (QED) is 0.807. The number of anilines is 1. The smallest absolute Gasteiger partial charge is 0.339 e. The molecule has 0 atom stereocenters. The van der Waals surface area contributed by atoms with Crippen LogP contribution in [0.15, 0.2) is 18.5 Å². The number of nitrogens with zero attached hydrogens (tertiary/aromatic N) is 4. The summed E-state index contributed by atoms with van der Waals surface area (Å²) in [5.41, 5.74) is 0. The number of halogens is 3. The fraction of sp³-hybridized carbons (Fsp3) is 0.636. The second kappa shape index (κ2) is 5.51. The van der Waals surface area contributed by atoms with E-state index in [9.17, 15) is 13.2 Å². The average molecular weight is 260 g/mol. The highest BCUT2D eigenvalue weighted by molar-refractivity contribution is 5.28. The minimum atomic E-state index is -4.13. The van der Waals surface area contributed by atoms with E-state index in [4.69, 9.17) is 0 Å². The molecule has 1 saturated heterocycles. The van der Waals surface area contributed by atoms with Crippen LogP contribution in [-0.4, -0.2) is 53.8 Å². The van der Waals surface area contributed by atoms with Crippen LogP contribution >= 0.6 is 0 Å². The third-order valence-corrected chi connectivity index (χ3v) is 2.83. The van der Waals surface area contributed by atoms with E-state index in [0.717, 1.165) is 0 Å². The molecule has 0 unspecified atom stereocenters. The van der Waals surface area contributed by atoms with Gasteiger partial charge in [0, 0.05) is 38.6 Å². The molecule has 0 aromatic carbocycles. The second-order valence-corrected chi connectivity index (χ2v) is 4.28. The fourth-order valence-corrected chi connectivity index (χ4v) is 2.04. The van der Waals surface area contributed by atoms with Crippen LogP contribution in [0.5, 0.6) is 0 Å². The van der Waals surface area contributed by atoms with Gasteiger partial charge in [-0.25, -0.2) is 9.97 Å². The summed E-state index contributed by atoms with van der Waals surface area (Å²) >= 11 is 0. The lowest BCUT2D eigenvalue weighted by Gasteiger charge is -2.22. The zero-order chi connectivity index (χ0) is 13.0. The van der Waals surface area contributed by atoms with Crippen molar-refractivity contribution in [2.24, 2.45) is 0 Å². The van der Waals surface area contributed by atoms with Gasteiger partial charge in [0.05, 0.1) is 6.54 Å². The van der Waals surface area contributed by atoms with E-state index >= 15 is 0 Å². The Bertz CT molecular complexity index is 368. The van der Waals surface area contributed by atoms with Crippen LogP contribution in [0.3, 0.4) is 0 Å². The number of hydrogen-bond donors (Lipinski definition) is 0. The zero-order valence-electron chi connectivity index (χ0n) is 9.90. The monoisotopic (exact) mass is 260 g/mol. The van der Waals surface area contributed by atoms with Gasteiger partial charge in [-0.1, -0.05) is 0 Å². The average Bonchev–Trinajstić information content (AvgIpc) is 2.54. The Balaban J connectivity index is 1.93. The van der Waals surface area contributed by atoms with Crippen molar-refractivity contribution in [3.05, 3.63) is 18.5 Å². The van der Waals surface area contributed by atoms with Crippen LogP contribution in [0.2, 0.25) is 0 Å². The SMILES string of the molecule is FC(F)(F)CN1CCCN(c2ncccn2)CC1. The van der Waals surface area contributed by atoms with Crippen molar-refractivity contribution >= 4 is 5.95 Å². The Morgan fingerprint density at radius 2 is 1.78 bits per heavy atom. The molecule has 0 amide bonds. The van der Waals surface area contributed by atoms with Crippen molar-refractivity contribution < 1.29 is 13.2 Å². The van der Waals surface area contributed by atoms with E-state index in [1.165, 1.54) is 4.90 Å². The molecule has 4 nitrogen and oxygen atoms in total. The highest BCUT2D eigenvalue weighted by Crippen LogP contribution is 2.18. The molecule has 1 aliphatic heterocycles. The third-order valence-electron chi connectivity index (χ3n) is 2.83. The van der Waals surface area contributed by atoms with Gasteiger partial charge in [-0.3, -0.25) is 4.90 Å². The lowest BCUT2D eigenvalue weighted by atomic mass is 10.4. The Labute approximate surface area is 103 Å². The van der Waals surface area contributed by atoms with E-state index in [1.807, 2.05) is 4.90 Å². The van der Waals surface area contributed by atoms with Crippen LogP contribution in [-0.2, 0) is 0 Å². The first-order valence-electron chi connectivity index (χ1n) is 5.86. The highest BCUT2D eigenvalue weighted by atomic mass is 19.4. The number of aromatic nitrogens is 2. The molecule has 0 radical (unpaired) electrons. The summed E-state index contributed by atoms with van der Waals surface area (Å²) in [5, 5.41) is 0. The number of rotatable bonds is 2. The lowest BCUT2D eigenvalue weighted by Crippen LogP contribution is -2.37. The predicted octanol–water partition coefficient (Wildman–Crippen LogP) is 1.55. The summed E-state index contributed by atoms with van der Waals surface area (Å²) in [5.74, 6) is 0.589. The Morgan fingerprint density at radius 1 is 1.06 bits per heavy atom. The first-order chi connectivity index (χ1) is 8.54. The van der Waals surface area contributed by atoms with Crippen molar-refractivity contribution in [2.75, 3.05) is 37.6 Å². The van der Waals surface area contributed by atoms with E-state index in [2.05, 4.69) is 9.97 Å². The van der Waals surface area contributed by atoms with Crippen LogP contribution in [0.1, 0.15) is 6.42 Å². The third kappa shape index (κ3) is 3.83. The summed E-state index contributed by atoms with van der Waals surface area (Å²) < 4.78 is 36.9. The molecule has 100 valence electrons. The Kier molecular flexibility index (Phi) is 4.00. The maximum atomic E-state index is 12.3. The first-order valence-corrected chi connectivity index (χ1v) is 5.86. The minimum Gasteiger partial charge on any atom is -0.339 e. The zero-order valence-corrected chi connectivity index (χ0v) is 9.90. The van der Waals surface area contributed by atoms with Crippen molar-refractivity contribution in [2.45, 2.75) is 12.6 Å². The number of alkyl halides is 3. The molecule has 1 aromatic heterocycles. The standard InChI is InChI=1S/C11H15F3N4/c12-11(13,14)9-17-5-2-6-18(8-7-17)10-15-3-1-4-16-10/h1,3-4H,2,5-9H2. The molecule has 18 heavy (non-hydrogen) atoms. The number of hydrogen-bond acceptors (Lipinski definition) is 4. The van der Waals surface area contributed by atoms with Crippen LogP contribution in [0, 0.1) is 0 Å². The fourth-order valence-electron chi connectivity index (χ4n) is 2.04. The van der Waals surface area contributed by atoms with Gasteiger partial charge >= 0.3 is 6.18 Å². The van der Waals surface area contributed by atoms with Gasteiger partial charge in [0.2, 0.25) is 5.95 Å². The molecule has 0 bridgehead atoms. The second-order valence-electron chi connectivity index (χ2n) is 4.28. The molecule has 1 aliphatic rings. The highest BCUT2D eigenvalue weighted by Gasteiger charge is 2.31. The topological polar surface area (TPSA) is 32.3 Å². The van der Waals surface area contributed by atoms with Gasteiger partial charge in [0.15, 0.2) is 0 Å². The molecule has 1 fully saturated rings. The molecule has 2 rings (SSSR count). The largest absolute Gasteiger partial charge is 0.401 e. The molecular formula is C11H15F3N4. The molecule has 1 aromatic rings. The molecule has 0 spiro atoms. The van der Waals surface area contributed by atoms with Gasteiger partial charge in [-0.15, -0.1) is 0 Å². The van der Waals surface area contributed by atoms with Crippen LogP contribution < -0.4 is 4.90 Å². The van der Waals surface area contributed by atoms with Crippen LogP contribution in [0.4, 0.5) is 19.1 Å².